The second-order valence-electron chi connectivity index (χ2n) is 5.63. The Morgan fingerprint density at radius 1 is 1.44 bits per heavy atom. The summed E-state index contributed by atoms with van der Waals surface area (Å²) in [6.45, 7) is 8.17. The van der Waals surface area contributed by atoms with E-state index in [9.17, 15) is 4.79 Å². The van der Waals surface area contributed by atoms with Crippen LogP contribution in [0.2, 0.25) is 0 Å². The average Bonchev–Trinajstić information content (AvgIpc) is 2.32. The van der Waals surface area contributed by atoms with Gasteiger partial charge in [-0.15, -0.1) is 0 Å². The van der Waals surface area contributed by atoms with Crippen LogP contribution in [-0.2, 0) is 4.79 Å². The van der Waals surface area contributed by atoms with Crippen LogP contribution in [0.1, 0.15) is 47.0 Å². The van der Waals surface area contributed by atoms with Crippen molar-refractivity contribution in [1.29, 1.82) is 5.41 Å². The van der Waals surface area contributed by atoms with Gasteiger partial charge in [0, 0.05) is 0 Å². The predicted molar refractivity (Wildman–Crippen MR) is 65.6 cm³/mol. The van der Waals surface area contributed by atoms with E-state index in [-0.39, 0.29) is 11.6 Å². The van der Waals surface area contributed by atoms with Crippen LogP contribution in [0.3, 0.4) is 0 Å². The molecule has 0 aromatic carbocycles. The van der Waals surface area contributed by atoms with E-state index in [1.165, 1.54) is 6.21 Å². The third-order valence-electron chi connectivity index (χ3n) is 2.88. The minimum absolute atomic E-state index is 0.0769. The van der Waals surface area contributed by atoms with Crippen molar-refractivity contribution in [3.8, 4) is 0 Å². The highest BCUT2D eigenvalue weighted by atomic mass is 16.2. The molecule has 0 unspecified atom stereocenters. The van der Waals surface area contributed by atoms with Crippen LogP contribution in [0.25, 0.3) is 0 Å². The lowest BCUT2D eigenvalue weighted by Crippen LogP contribution is -2.51. The number of amides is 1. The van der Waals surface area contributed by atoms with E-state index in [1.54, 1.807) is 0 Å². The lowest BCUT2D eigenvalue weighted by molar-refractivity contribution is -0.125. The number of nitrogens with one attached hydrogen (secondary N) is 3. The second-order valence-corrected chi connectivity index (χ2v) is 5.63. The molecule has 1 saturated heterocycles. The average molecular weight is 225 g/mol. The van der Waals surface area contributed by atoms with Gasteiger partial charge in [-0.25, -0.2) is 0 Å². The highest BCUT2D eigenvalue weighted by Gasteiger charge is 2.48. The zero-order valence-electron chi connectivity index (χ0n) is 10.7. The first-order valence-corrected chi connectivity index (χ1v) is 5.92. The Hall–Kier alpha value is -0.900. The normalized spacial score (nSPS) is 28.2. The van der Waals surface area contributed by atoms with E-state index < -0.39 is 5.54 Å². The molecule has 0 aliphatic carbocycles. The maximum atomic E-state index is 12.1. The summed E-state index contributed by atoms with van der Waals surface area (Å²) in [7, 11) is 0. The molecule has 0 bridgehead atoms. The zero-order valence-corrected chi connectivity index (χ0v) is 10.7. The highest BCUT2D eigenvalue weighted by Crippen LogP contribution is 2.29. The van der Waals surface area contributed by atoms with Gasteiger partial charge in [-0.3, -0.25) is 10.1 Å². The molecule has 1 aliphatic rings. The van der Waals surface area contributed by atoms with Gasteiger partial charge in [-0.05, 0) is 45.2 Å². The molecule has 0 radical (unpaired) electrons. The first-order valence-electron chi connectivity index (χ1n) is 5.92. The van der Waals surface area contributed by atoms with Crippen molar-refractivity contribution in [2.45, 2.75) is 58.2 Å². The maximum Gasteiger partial charge on any atom is 0.241 e. The molecule has 92 valence electrons. The van der Waals surface area contributed by atoms with Crippen molar-refractivity contribution < 1.29 is 4.79 Å². The Labute approximate surface area is 97.7 Å². The van der Waals surface area contributed by atoms with Crippen LogP contribution >= 0.6 is 0 Å². The molecule has 1 amide bonds. The summed E-state index contributed by atoms with van der Waals surface area (Å²) in [6.07, 6.45) is 3.53. The van der Waals surface area contributed by atoms with Crippen LogP contribution in [0.5, 0.6) is 0 Å². The summed E-state index contributed by atoms with van der Waals surface area (Å²) in [5.74, 6) is 0.533. The van der Waals surface area contributed by atoms with Crippen molar-refractivity contribution in [2.75, 3.05) is 0 Å². The molecule has 0 aromatic heterocycles. The number of hydrogen-bond donors (Lipinski definition) is 3. The van der Waals surface area contributed by atoms with Gasteiger partial charge in [0.25, 0.3) is 0 Å². The number of carbonyl (C=O) groups is 1. The molecule has 1 rings (SSSR count). The molecule has 16 heavy (non-hydrogen) atoms. The quantitative estimate of drug-likeness (QED) is 0.623. The van der Waals surface area contributed by atoms with Crippen molar-refractivity contribution in [1.82, 2.24) is 10.6 Å². The Bertz CT molecular complexity index is 286. The fourth-order valence-corrected chi connectivity index (χ4v) is 2.53. The minimum atomic E-state index is -0.491. The third kappa shape index (κ3) is 2.82. The van der Waals surface area contributed by atoms with Gasteiger partial charge >= 0.3 is 0 Å². The SMILES string of the molecule is CC(C)C[C@@]1(CCC=N)NC(C)(C)NC1=O. The number of rotatable bonds is 5. The summed E-state index contributed by atoms with van der Waals surface area (Å²) < 4.78 is 0. The van der Waals surface area contributed by atoms with Gasteiger partial charge in [0.05, 0.1) is 5.66 Å². The van der Waals surface area contributed by atoms with Crippen LogP contribution in [0.15, 0.2) is 0 Å². The van der Waals surface area contributed by atoms with Gasteiger partial charge in [0.1, 0.15) is 5.54 Å². The van der Waals surface area contributed by atoms with Crippen molar-refractivity contribution >= 4 is 12.1 Å². The number of carbonyl (C=O) groups excluding carboxylic acids is 1. The Morgan fingerprint density at radius 2 is 2.06 bits per heavy atom. The molecule has 1 aliphatic heterocycles. The van der Waals surface area contributed by atoms with Crippen LogP contribution < -0.4 is 10.6 Å². The van der Waals surface area contributed by atoms with Crippen LogP contribution in [-0.4, -0.2) is 23.3 Å². The van der Waals surface area contributed by atoms with Gasteiger partial charge < -0.3 is 10.7 Å². The first kappa shape index (κ1) is 13.2. The molecule has 4 nitrogen and oxygen atoms in total. The Morgan fingerprint density at radius 3 is 2.44 bits per heavy atom. The molecule has 1 atom stereocenters. The molecule has 0 saturated carbocycles. The van der Waals surface area contributed by atoms with Crippen molar-refractivity contribution in [3.05, 3.63) is 0 Å². The van der Waals surface area contributed by atoms with Gasteiger partial charge in [0.15, 0.2) is 0 Å². The van der Waals surface area contributed by atoms with E-state index in [1.807, 2.05) is 13.8 Å². The monoisotopic (exact) mass is 225 g/mol. The molecular weight excluding hydrogens is 202 g/mol. The Balaban J connectivity index is 2.86. The summed E-state index contributed by atoms with van der Waals surface area (Å²) >= 11 is 0. The fourth-order valence-electron chi connectivity index (χ4n) is 2.53. The molecule has 1 fully saturated rings. The van der Waals surface area contributed by atoms with E-state index in [4.69, 9.17) is 5.41 Å². The van der Waals surface area contributed by atoms with Crippen LogP contribution in [0, 0.1) is 11.3 Å². The lowest BCUT2D eigenvalue weighted by Gasteiger charge is -2.30. The molecular formula is C12H23N3O. The second kappa shape index (κ2) is 4.53. The van der Waals surface area contributed by atoms with E-state index in [0.29, 0.717) is 18.8 Å². The lowest BCUT2D eigenvalue weighted by atomic mass is 9.84. The predicted octanol–water partition coefficient (Wildman–Crippen LogP) is 1.66. The first-order chi connectivity index (χ1) is 7.31. The van der Waals surface area contributed by atoms with Gasteiger partial charge in [-0.1, -0.05) is 13.8 Å². The van der Waals surface area contributed by atoms with Crippen molar-refractivity contribution in [3.63, 3.8) is 0 Å². The molecule has 3 N–H and O–H groups in total. The van der Waals surface area contributed by atoms with E-state index in [2.05, 4.69) is 24.5 Å². The van der Waals surface area contributed by atoms with Gasteiger partial charge in [0.2, 0.25) is 5.91 Å². The largest absolute Gasteiger partial charge is 0.337 e. The molecule has 0 aromatic rings. The summed E-state index contributed by atoms with van der Waals surface area (Å²) in [4.78, 5) is 12.1. The van der Waals surface area contributed by atoms with E-state index in [0.717, 1.165) is 6.42 Å². The molecule has 4 heteroatoms. The smallest absolute Gasteiger partial charge is 0.241 e. The number of hydrogen-bond acceptors (Lipinski definition) is 3. The third-order valence-corrected chi connectivity index (χ3v) is 2.88. The van der Waals surface area contributed by atoms with Crippen LogP contribution in [0.4, 0.5) is 0 Å². The van der Waals surface area contributed by atoms with Crippen molar-refractivity contribution in [2.24, 2.45) is 5.92 Å². The summed E-state index contributed by atoms with van der Waals surface area (Å²) in [6, 6.07) is 0. The maximum absolute atomic E-state index is 12.1. The standard InChI is InChI=1S/C12H23N3O/c1-9(2)8-12(6-5-7-13)10(16)14-11(3,4)15-12/h7,9,13,15H,5-6,8H2,1-4H3,(H,14,16)/t12-/m1/s1. The molecule has 1 heterocycles. The minimum Gasteiger partial charge on any atom is -0.337 e. The Kier molecular flexibility index (Phi) is 3.73. The van der Waals surface area contributed by atoms with Gasteiger partial charge in [-0.2, -0.15) is 0 Å². The summed E-state index contributed by atoms with van der Waals surface area (Å²) in [5, 5.41) is 13.5. The van der Waals surface area contributed by atoms with E-state index >= 15 is 0 Å². The zero-order chi connectivity index (χ0) is 12.4. The molecule has 0 spiro atoms. The topological polar surface area (TPSA) is 65.0 Å². The highest BCUT2D eigenvalue weighted by molar-refractivity contribution is 5.89. The summed E-state index contributed by atoms with van der Waals surface area (Å²) in [5.41, 5.74) is -0.830. The fraction of sp³-hybridized carbons (Fsp3) is 0.833.